The van der Waals surface area contributed by atoms with E-state index in [0.29, 0.717) is 12.6 Å². The first-order chi connectivity index (χ1) is 8.70. The molecule has 3 heteroatoms. The first kappa shape index (κ1) is 13.5. The lowest BCUT2D eigenvalue weighted by Crippen LogP contribution is -2.34. The van der Waals surface area contributed by atoms with Crippen LogP contribution in [0.3, 0.4) is 0 Å². The molecule has 1 fully saturated rings. The molecule has 1 aliphatic carbocycles. The van der Waals surface area contributed by atoms with Crippen molar-refractivity contribution in [1.29, 1.82) is 0 Å². The van der Waals surface area contributed by atoms with Crippen molar-refractivity contribution in [1.82, 2.24) is 5.32 Å². The zero-order valence-corrected chi connectivity index (χ0v) is 10.9. The van der Waals surface area contributed by atoms with Gasteiger partial charge in [0.05, 0.1) is 0 Å². The number of halogens is 2. The van der Waals surface area contributed by atoms with Gasteiger partial charge in [-0.25, -0.2) is 8.78 Å². The molecule has 0 aliphatic heterocycles. The molecule has 1 nitrogen and oxygen atoms in total. The molecule has 0 bridgehead atoms. The molecule has 1 aliphatic rings. The summed E-state index contributed by atoms with van der Waals surface area (Å²) in [6.07, 6.45) is 5.96. The van der Waals surface area contributed by atoms with Crippen LogP contribution in [0.4, 0.5) is 8.78 Å². The number of nitrogens with one attached hydrogen (secondary N) is 1. The van der Waals surface area contributed by atoms with Crippen molar-refractivity contribution in [2.45, 2.75) is 51.6 Å². The van der Waals surface area contributed by atoms with E-state index in [-0.39, 0.29) is 5.56 Å². The topological polar surface area (TPSA) is 12.0 Å². The van der Waals surface area contributed by atoms with Crippen LogP contribution in [-0.2, 0) is 6.54 Å². The van der Waals surface area contributed by atoms with E-state index in [2.05, 4.69) is 12.2 Å². The summed E-state index contributed by atoms with van der Waals surface area (Å²) in [5, 5.41) is 3.30. The summed E-state index contributed by atoms with van der Waals surface area (Å²) in [4.78, 5) is 0. The minimum absolute atomic E-state index is 0.163. The van der Waals surface area contributed by atoms with Crippen molar-refractivity contribution in [3.8, 4) is 0 Å². The average molecular weight is 253 g/mol. The summed E-state index contributed by atoms with van der Waals surface area (Å²) in [5.74, 6) is -0.141. The van der Waals surface area contributed by atoms with Gasteiger partial charge in [-0.2, -0.15) is 0 Å². The second kappa shape index (κ2) is 6.28. The number of hydrogen-bond acceptors (Lipinski definition) is 1. The third-order valence-corrected chi connectivity index (χ3v) is 3.99. The molecule has 100 valence electrons. The van der Waals surface area contributed by atoms with E-state index in [0.717, 1.165) is 18.8 Å². The van der Waals surface area contributed by atoms with Crippen LogP contribution in [0.5, 0.6) is 0 Å². The van der Waals surface area contributed by atoms with E-state index in [1.54, 1.807) is 0 Å². The van der Waals surface area contributed by atoms with Gasteiger partial charge < -0.3 is 5.32 Å². The molecule has 2 unspecified atom stereocenters. The smallest absolute Gasteiger partial charge is 0.130 e. The zero-order chi connectivity index (χ0) is 13.0. The van der Waals surface area contributed by atoms with Crippen LogP contribution in [0.15, 0.2) is 18.2 Å². The van der Waals surface area contributed by atoms with E-state index < -0.39 is 11.6 Å². The van der Waals surface area contributed by atoms with Crippen LogP contribution in [0.2, 0.25) is 0 Å². The highest BCUT2D eigenvalue weighted by atomic mass is 19.1. The van der Waals surface area contributed by atoms with Crippen LogP contribution in [0.25, 0.3) is 0 Å². The van der Waals surface area contributed by atoms with Crippen molar-refractivity contribution in [2.24, 2.45) is 5.92 Å². The molecule has 1 N–H and O–H groups in total. The molecule has 0 amide bonds. The molecule has 0 aromatic heterocycles. The summed E-state index contributed by atoms with van der Waals surface area (Å²) in [6, 6.07) is 4.44. The maximum Gasteiger partial charge on any atom is 0.130 e. The van der Waals surface area contributed by atoms with Gasteiger partial charge in [-0.05, 0) is 30.9 Å². The van der Waals surface area contributed by atoms with Crippen LogP contribution in [0, 0.1) is 17.6 Å². The fraction of sp³-hybridized carbons (Fsp3) is 0.600. The third-order valence-electron chi connectivity index (χ3n) is 3.99. The van der Waals surface area contributed by atoms with Gasteiger partial charge in [-0.15, -0.1) is 0 Å². The van der Waals surface area contributed by atoms with Crippen molar-refractivity contribution in [3.63, 3.8) is 0 Å². The molecule has 18 heavy (non-hydrogen) atoms. The summed E-state index contributed by atoms with van der Waals surface area (Å²) < 4.78 is 26.9. The van der Waals surface area contributed by atoms with Gasteiger partial charge in [0, 0.05) is 18.2 Å². The van der Waals surface area contributed by atoms with E-state index in [4.69, 9.17) is 0 Å². The standard InChI is InChI=1S/C15H21F2N/c1-2-11-5-3-6-12(9-11)18-10-13-14(16)7-4-8-15(13)17/h4,7-8,11-12,18H,2-3,5-6,9-10H2,1H3. The van der Waals surface area contributed by atoms with Crippen molar-refractivity contribution in [2.75, 3.05) is 0 Å². The lowest BCUT2D eigenvalue weighted by molar-refractivity contribution is 0.277. The first-order valence-corrected chi connectivity index (χ1v) is 6.87. The SMILES string of the molecule is CCC1CCCC(NCc2c(F)cccc2F)C1. The number of benzene rings is 1. The minimum Gasteiger partial charge on any atom is -0.310 e. The Labute approximate surface area is 108 Å². The molecule has 1 aromatic carbocycles. The quantitative estimate of drug-likeness (QED) is 0.854. The first-order valence-electron chi connectivity index (χ1n) is 6.87. The lowest BCUT2D eigenvalue weighted by atomic mass is 9.84. The Hall–Kier alpha value is -0.960. The highest BCUT2D eigenvalue weighted by Crippen LogP contribution is 2.26. The third kappa shape index (κ3) is 3.29. The zero-order valence-electron chi connectivity index (χ0n) is 10.9. The molecule has 2 atom stereocenters. The van der Waals surface area contributed by atoms with Crippen molar-refractivity contribution < 1.29 is 8.78 Å². The second-order valence-corrected chi connectivity index (χ2v) is 5.22. The van der Waals surface area contributed by atoms with E-state index in [9.17, 15) is 8.78 Å². The van der Waals surface area contributed by atoms with Gasteiger partial charge in [0.1, 0.15) is 11.6 Å². The molecule has 0 spiro atoms. The van der Waals surface area contributed by atoms with E-state index in [1.165, 1.54) is 37.5 Å². The van der Waals surface area contributed by atoms with E-state index >= 15 is 0 Å². The molecule has 0 saturated heterocycles. The Morgan fingerprint density at radius 2 is 1.94 bits per heavy atom. The summed E-state index contributed by atoms with van der Waals surface area (Å²) >= 11 is 0. The van der Waals surface area contributed by atoms with Crippen LogP contribution < -0.4 is 5.32 Å². The van der Waals surface area contributed by atoms with Crippen LogP contribution in [0.1, 0.15) is 44.6 Å². The van der Waals surface area contributed by atoms with Gasteiger partial charge in [0.2, 0.25) is 0 Å². The fourth-order valence-corrected chi connectivity index (χ4v) is 2.79. The largest absolute Gasteiger partial charge is 0.310 e. The van der Waals surface area contributed by atoms with E-state index in [1.807, 2.05) is 0 Å². The highest BCUT2D eigenvalue weighted by Gasteiger charge is 2.20. The fourth-order valence-electron chi connectivity index (χ4n) is 2.79. The molecular formula is C15H21F2N. The molecule has 0 radical (unpaired) electrons. The lowest BCUT2D eigenvalue weighted by Gasteiger charge is -2.29. The average Bonchev–Trinajstić information content (AvgIpc) is 2.38. The monoisotopic (exact) mass is 253 g/mol. The van der Waals surface area contributed by atoms with Crippen molar-refractivity contribution in [3.05, 3.63) is 35.4 Å². The predicted octanol–water partition coefficient (Wildman–Crippen LogP) is 4.02. The van der Waals surface area contributed by atoms with Gasteiger partial charge >= 0.3 is 0 Å². The summed E-state index contributed by atoms with van der Waals surface area (Å²) in [7, 11) is 0. The van der Waals surface area contributed by atoms with Gasteiger partial charge in [-0.3, -0.25) is 0 Å². The van der Waals surface area contributed by atoms with Gasteiger partial charge in [0.25, 0.3) is 0 Å². The maximum atomic E-state index is 13.5. The Kier molecular flexibility index (Phi) is 4.70. The minimum atomic E-state index is -0.453. The predicted molar refractivity (Wildman–Crippen MR) is 69.2 cm³/mol. The van der Waals surface area contributed by atoms with Crippen LogP contribution in [-0.4, -0.2) is 6.04 Å². The Bertz CT molecular complexity index is 372. The highest BCUT2D eigenvalue weighted by molar-refractivity contribution is 5.19. The molecular weight excluding hydrogens is 232 g/mol. The Morgan fingerprint density at radius 1 is 1.22 bits per heavy atom. The number of hydrogen-bond donors (Lipinski definition) is 1. The van der Waals surface area contributed by atoms with Gasteiger partial charge in [-0.1, -0.05) is 32.3 Å². The van der Waals surface area contributed by atoms with Gasteiger partial charge in [0.15, 0.2) is 0 Å². The molecule has 1 saturated carbocycles. The molecule has 1 aromatic rings. The van der Waals surface area contributed by atoms with Crippen molar-refractivity contribution >= 4 is 0 Å². The normalized spacial score (nSPS) is 24.2. The second-order valence-electron chi connectivity index (χ2n) is 5.22. The Morgan fingerprint density at radius 3 is 2.61 bits per heavy atom. The summed E-state index contributed by atoms with van der Waals surface area (Å²) in [5.41, 5.74) is 0.163. The maximum absolute atomic E-state index is 13.5. The number of rotatable bonds is 4. The molecule has 2 rings (SSSR count). The summed E-state index contributed by atoms with van der Waals surface area (Å²) in [6.45, 7) is 2.50. The van der Waals surface area contributed by atoms with Crippen LogP contribution >= 0.6 is 0 Å². The molecule has 0 heterocycles. The Balaban J connectivity index is 1.91.